The second-order valence-corrected chi connectivity index (χ2v) is 5.16. The minimum Gasteiger partial charge on any atom is -0.354 e. The van der Waals surface area contributed by atoms with Gasteiger partial charge in [0.2, 0.25) is 11.8 Å². The van der Waals surface area contributed by atoms with E-state index < -0.39 is 6.04 Å². The molecule has 0 bridgehead atoms. The van der Waals surface area contributed by atoms with Gasteiger partial charge in [0, 0.05) is 25.6 Å². The maximum atomic E-state index is 11.9. The summed E-state index contributed by atoms with van der Waals surface area (Å²) in [5.74, 6) is 0.338. The van der Waals surface area contributed by atoms with Gasteiger partial charge in [0.05, 0.1) is 0 Å². The Bertz CT molecular complexity index is 291. The molecule has 0 aliphatic carbocycles. The zero-order valence-electron chi connectivity index (χ0n) is 10.9. The molecule has 0 aromatic rings. The highest BCUT2D eigenvalue weighted by Crippen LogP contribution is 2.13. The number of rotatable bonds is 4. The molecule has 1 aliphatic rings. The standard InChI is InChI=1S/C12H23N3O2/c1-8(2)6-14-12(17)9(3)15-7-10(13)4-5-11(15)16/h8-10H,4-7,13H2,1-3H3,(H,14,17)/t9-,10-/m0/s1. The van der Waals surface area contributed by atoms with Gasteiger partial charge in [0.1, 0.15) is 6.04 Å². The predicted octanol–water partition coefficient (Wildman–Crippen LogP) is 0.0968. The Labute approximate surface area is 103 Å². The van der Waals surface area contributed by atoms with Crippen molar-refractivity contribution in [1.82, 2.24) is 10.2 Å². The number of likely N-dealkylation sites (tertiary alicyclic amines) is 1. The number of carbonyl (C=O) groups is 2. The van der Waals surface area contributed by atoms with Gasteiger partial charge < -0.3 is 16.0 Å². The van der Waals surface area contributed by atoms with Crippen molar-refractivity contribution in [3.63, 3.8) is 0 Å². The van der Waals surface area contributed by atoms with Crippen LogP contribution >= 0.6 is 0 Å². The number of piperidine rings is 1. The Morgan fingerprint density at radius 2 is 2.18 bits per heavy atom. The van der Waals surface area contributed by atoms with Gasteiger partial charge in [-0.05, 0) is 19.3 Å². The molecule has 98 valence electrons. The number of hydrogen-bond acceptors (Lipinski definition) is 3. The first-order chi connectivity index (χ1) is 7.91. The molecular formula is C12H23N3O2. The third kappa shape index (κ3) is 4.00. The summed E-state index contributed by atoms with van der Waals surface area (Å²) in [5, 5.41) is 2.84. The molecule has 1 heterocycles. The number of nitrogens with two attached hydrogens (primary N) is 1. The fourth-order valence-electron chi connectivity index (χ4n) is 1.87. The van der Waals surface area contributed by atoms with Crippen molar-refractivity contribution in [2.24, 2.45) is 11.7 Å². The van der Waals surface area contributed by atoms with Crippen molar-refractivity contribution in [3.8, 4) is 0 Å². The van der Waals surface area contributed by atoms with Crippen LogP contribution < -0.4 is 11.1 Å². The van der Waals surface area contributed by atoms with Crippen LogP contribution in [0.2, 0.25) is 0 Å². The van der Waals surface area contributed by atoms with Gasteiger partial charge in [-0.25, -0.2) is 0 Å². The Morgan fingerprint density at radius 3 is 2.76 bits per heavy atom. The molecule has 5 nitrogen and oxygen atoms in total. The summed E-state index contributed by atoms with van der Waals surface area (Å²) in [6.07, 6.45) is 1.17. The first-order valence-corrected chi connectivity index (χ1v) is 6.24. The first kappa shape index (κ1) is 14.0. The van der Waals surface area contributed by atoms with E-state index in [0.717, 1.165) is 6.42 Å². The van der Waals surface area contributed by atoms with Crippen LogP contribution in [0.25, 0.3) is 0 Å². The predicted molar refractivity (Wildman–Crippen MR) is 66.2 cm³/mol. The Kier molecular flexibility index (Phi) is 4.93. The van der Waals surface area contributed by atoms with Gasteiger partial charge in [-0.1, -0.05) is 13.8 Å². The Morgan fingerprint density at radius 1 is 1.53 bits per heavy atom. The molecule has 3 N–H and O–H groups in total. The van der Waals surface area contributed by atoms with E-state index in [2.05, 4.69) is 5.32 Å². The summed E-state index contributed by atoms with van der Waals surface area (Å²) in [4.78, 5) is 25.2. The third-order valence-corrected chi connectivity index (χ3v) is 3.01. The van der Waals surface area contributed by atoms with Crippen LogP contribution in [-0.4, -0.2) is 41.9 Å². The lowest BCUT2D eigenvalue weighted by molar-refractivity contribution is -0.142. The lowest BCUT2D eigenvalue weighted by Crippen LogP contribution is -2.54. The van der Waals surface area contributed by atoms with Gasteiger partial charge in [-0.3, -0.25) is 9.59 Å². The molecular weight excluding hydrogens is 218 g/mol. The van der Waals surface area contributed by atoms with E-state index in [0.29, 0.717) is 25.4 Å². The SMILES string of the molecule is CC(C)CNC(=O)[C@H](C)N1C[C@@H](N)CCC1=O. The van der Waals surface area contributed by atoms with Crippen LogP contribution in [0, 0.1) is 5.92 Å². The molecule has 1 rings (SSSR count). The summed E-state index contributed by atoms with van der Waals surface area (Å²) < 4.78 is 0. The van der Waals surface area contributed by atoms with Crippen LogP contribution in [-0.2, 0) is 9.59 Å². The molecule has 1 aliphatic heterocycles. The fraction of sp³-hybridized carbons (Fsp3) is 0.833. The second kappa shape index (κ2) is 6.00. The topological polar surface area (TPSA) is 75.4 Å². The number of amides is 2. The molecule has 5 heteroatoms. The highest BCUT2D eigenvalue weighted by molar-refractivity contribution is 5.87. The molecule has 0 unspecified atom stereocenters. The molecule has 0 saturated carbocycles. The van der Waals surface area contributed by atoms with Crippen LogP contribution in [0.4, 0.5) is 0 Å². The fourth-order valence-corrected chi connectivity index (χ4v) is 1.87. The average molecular weight is 241 g/mol. The smallest absolute Gasteiger partial charge is 0.242 e. The van der Waals surface area contributed by atoms with E-state index in [9.17, 15) is 9.59 Å². The monoisotopic (exact) mass is 241 g/mol. The molecule has 2 atom stereocenters. The largest absolute Gasteiger partial charge is 0.354 e. The van der Waals surface area contributed by atoms with Crippen molar-refractivity contribution in [1.29, 1.82) is 0 Å². The molecule has 17 heavy (non-hydrogen) atoms. The van der Waals surface area contributed by atoms with E-state index in [1.807, 2.05) is 13.8 Å². The van der Waals surface area contributed by atoms with E-state index >= 15 is 0 Å². The van der Waals surface area contributed by atoms with Crippen molar-refractivity contribution in [2.45, 2.75) is 45.7 Å². The number of nitrogens with one attached hydrogen (secondary N) is 1. The van der Waals surface area contributed by atoms with Crippen LogP contribution in [0.5, 0.6) is 0 Å². The lowest BCUT2D eigenvalue weighted by Gasteiger charge is -2.34. The molecule has 0 aromatic heterocycles. The number of carbonyl (C=O) groups excluding carboxylic acids is 2. The van der Waals surface area contributed by atoms with E-state index in [1.165, 1.54) is 0 Å². The molecule has 2 amide bonds. The summed E-state index contributed by atoms with van der Waals surface area (Å²) in [7, 11) is 0. The second-order valence-electron chi connectivity index (χ2n) is 5.16. The maximum Gasteiger partial charge on any atom is 0.242 e. The highest BCUT2D eigenvalue weighted by atomic mass is 16.2. The molecule has 1 saturated heterocycles. The number of hydrogen-bond donors (Lipinski definition) is 2. The Hall–Kier alpha value is -1.10. The van der Waals surface area contributed by atoms with Gasteiger partial charge in [-0.2, -0.15) is 0 Å². The minimum absolute atomic E-state index is 0.00644. The van der Waals surface area contributed by atoms with Crippen LogP contribution in [0.1, 0.15) is 33.6 Å². The minimum atomic E-state index is -0.424. The van der Waals surface area contributed by atoms with Crippen molar-refractivity contribution >= 4 is 11.8 Å². The van der Waals surface area contributed by atoms with Crippen molar-refractivity contribution < 1.29 is 9.59 Å². The summed E-state index contributed by atoms with van der Waals surface area (Å²) >= 11 is 0. The van der Waals surface area contributed by atoms with E-state index in [-0.39, 0.29) is 17.9 Å². The summed E-state index contributed by atoms with van der Waals surface area (Å²) in [6.45, 7) is 6.94. The maximum absolute atomic E-state index is 11.9. The molecule has 0 aromatic carbocycles. The first-order valence-electron chi connectivity index (χ1n) is 6.24. The van der Waals surface area contributed by atoms with Crippen LogP contribution in [0.15, 0.2) is 0 Å². The van der Waals surface area contributed by atoms with E-state index in [1.54, 1.807) is 11.8 Å². The zero-order chi connectivity index (χ0) is 13.0. The third-order valence-electron chi connectivity index (χ3n) is 3.01. The zero-order valence-corrected chi connectivity index (χ0v) is 10.9. The summed E-state index contributed by atoms with van der Waals surface area (Å²) in [5.41, 5.74) is 5.82. The highest BCUT2D eigenvalue weighted by Gasteiger charge is 2.30. The van der Waals surface area contributed by atoms with Gasteiger partial charge >= 0.3 is 0 Å². The quantitative estimate of drug-likeness (QED) is 0.733. The van der Waals surface area contributed by atoms with Crippen LogP contribution in [0.3, 0.4) is 0 Å². The van der Waals surface area contributed by atoms with Crippen molar-refractivity contribution in [3.05, 3.63) is 0 Å². The van der Waals surface area contributed by atoms with Gasteiger partial charge in [0.15, 0.2) is 0 Å². The van der Waals surface area contributed by atoms with Gasteiger partial charge in [0.25, 0.3) is 0 Å². The lowest BCUT2D eigenvalue weighted by atomic mass is 10.0. The summed E-state index contributed by atoms with van der Waals surface area (Å²) in [6, 6.07) is -0.430. The molecule has 0 spiro atoms. The van der Waals surface area contributed by atoms with E-state index in [4.69, 9.17) is 5.73 Å². The molecule has 1 fully saturated rings. The average Bonchev–Trinajstić information content (AvgIpc) is 2.28. The Balaban J connectivity index is 2.52. The van der Waals surface area contributed by atoms with Gasteiger partial charge in [-0.15, -0.1) is 0 Å². The molecule has 0 radical (unpaired) electrons. The van der Waals surface area contributed by atoms with Crippen molar-refractivity contribution in [2.75, 3.05) is 13.1 Å². The normalized spacial score (nSPS) is 22.8. The number of nitrogens with zero attached hydrogens (tertiary/aromatic N) is 1.